The van der Waals surface area contributed by atoms with Gasteiger partial charge in [-0.2, -0.15) is 0 Å². The van der Waals surface area contributed by atoms with Crippen LogP contribution in [0, 0.1) is 6.92 Å². The number of alkyl halides is 2. The summed E-state index contributed by atoms with van der Waals surface area (Å²) in [7, 11) is 1.08. The smallest absolute Gasteiger partial charge is 0.323 e. The van der Waals surface area contributed by atoms with Gasteiger partial charge in [-0.25, -0.2) is 8.78 Å². The number of ether oxygens (including phenoxy) is 1. The molecule has 17 heavy (non-hydrogen) atoms. The molecule has 2 N–H and O–H groups in total. The minimum Gasteiger partial charge on any atom is -0.468 e. The number of nitrogens with two attached hydrogens (primary N) is 1. The number of hydrogen-bond acceptors (Lipinski definition) is 3. The number of esters is 1. The molecule has 1 rings (SSSR count). The van der Waals surface area contributed by atoms with Crippen LogP contribution in [0.2, 0.25) is 0 Å². The molecule has 1 aromatic rings. The maximum atomic E-state index is 13.3. The summed E-state index contributed by atoms with van der Waals surface area (Å²) in [4.78, 5) is 11.7. The fourth-order valence-electron chi connectivity index (χ4n) is 1.85. The van der Waals surface area contributed by atoms with Crippen LogP contribution in [0.4, 0.5) is 8.78 Å². The topological polar surface area (TPSA) is 52.3 Å². The molecule has 0 aromatic heterocycles. The quantitative estimate of drug-likeness (QED) is 0.818. The highest BCUT2D eigenvalue weighted by atomic mass is 19.3. The Hall–Kier alpha value is -1.49. The lowest BCUT2D eigenvalue weighted by Crippen LogP contribution is -2.50. The molecular formula is C12H15F2NO2. The Morgan fingerprint density at radius 1 is 1.47 bits per heavy atom. The SMILES string of the molecule is COC(=O)C(CN)(c1ccccc1C)C(F)F. The van der Waals surface area contributed by atoms with E-state index in [4.69, 9.17) is 5.73 Å². The molecule has 0 radical (unpaired) electrons. The third-order valence-electron chi connectivity index (χ3n) is 2.87. The van der Waals surface area contributed by atoms with Crippen LogP contribution in [0.3, 0.4) is 0 Å². The number of aryl methyl sites for hydroxylation is 1. The Morgan fingerprint density at radius 2 is 2.06 bits per heavy atom. The van der Waals surface area contributed by atoms with Gasteiger partial charge < -0.3 is 10.5 Å². The van der Waals surface area contributed by atoms with Crippen molar-refractivity contribution in [2.24, 2.45) is 5.73 Å². The molecule has 1 unspecified atom stereocenters. The van der Waals surface area contributed by atoms with Crippen molar-refractivity contribution in [3.8, 4) is 0 Å². The van der Waals surface area contributed by atoms with Gasteiger partial charge in [-0.3, -0.25) is 4.79 Å². The molecule has 94 valence electrons. The summed E-state index contributed by atoms with van der Waals surface area (Å²) < 4.78 is 31.0. The second-order valence-corrected chi connectivity index (χ2v) is 3.78. The Morgan fingerprint density at radius 3 is 2.47 bits per heavy atom. The van der Waals surface area contributed by atoms with E-state index in [2.05, 4.69) is 4.74 Å². The average Bonchev–Trinajstić information content (AvgIpc) is 2.32. The van der Waals surface area contributed by atoms with E-state index in [0.29, 0.717) is 5.56 Å². The minimum absolute atomic E-state index is 0.212. The van der Waals surface area contributed by atoms with E-state index in [9.17, 15) is 13.6 Å². The fraction of sp³-hybridized carbons (Fsp3) is 0.417. The van der Waals surface area contributed by atoms with Crippen LogP contribution < -0.4 is 5.73 Å². The summed E-state index contributed by atoms with van der Waals surface area (Å²) in [6.07, 6.45) is -2.92. The number of hydrogen-bond donors (Lipinski definition) is 1. The summed E-state index contributed by atoms with van der Waals surface area (Å²) in [5.41, 5.74) is 4.12. The maximum Gasteiger partial charge on any atom is 0.323 e. The summed E-state index contributed by atoms with van der Waals surface area (Å²) in [6.45, 7) is 1.16. The van der Waals surface area contributed by atoms with Gasteiger partial charge >= 0.3 is 5.97 Å². The second-order valence-electron chi connectivity index (χ2n) is 3.78. The Balaban J connectivity index is 3.43. The zero-order chi connectivity index (χ0) is 13.1. The zero-order valence-electron chi connectivity index (χ0n) is 9.74. The zero-order valence-corrected chi connectivity index (χ0v) is 9.74. The first kappa shape index (κ1) is 13.6. The van der Waals surface area contributed by atoms with Gasteiger partial charge in [0.25, 0.3) is 6.43 Å². The number of carbonyl (C=O) groups excluding carboxylic acids is 1. The molecule has 0 saturated heterocycles. The third-order valence-corrected chi connectivity index (χ3v) is 2.87. The van der Waals surface area contributed by atoms with Crippen LogP contribution in [0.1, 0.15) is 11.1 Å². The van der Waals surface area contributed by atoms with Crippen molar-refractivity contribution in [1.29, 1.82) is 0 Å². The summed E-state index contributed by atoms with van der Waals surface area (Å²) in [5.74, 6) is -1.01. The molecule has 0 aliphatic rings. The first-order valence-electron chi connectivity index (χ1n) is 5.13. The predicted molar refractivity (Wildman–Crippen MR) is 59.9 cm³/mol. The van der Waals surface area contributed by atoms with Crippen LogP contribution in [0.5, 0.6) is 0 Å². The van der Waals surface area contributed by atoms with Gasteiger partial charge in [0.2, 0.25) is 0 Å². The monoisotopic (exact) mass is 243 g/mol. The molecular weight excluding hydrogens is 228 g/mol. The maximum absolute atomic E-state index is 13.3. The predicted octanol–water partition coefficient (Wildman–Crippen LogP) is 1.63. The molecule has 1 atom stereocenters. The van der Waals surface area contributed by atoms with Gasteiger partial charge in [-0.05, 0) is 18.1 Å². The summed E-state index contributed by atoms with van der Waals surface area (Å²) in [6, 6.07) is 6.44. The van der Waals surface area contributed by atoms with Gasteiger partial charge in [0.05, 0.1) is 7.11 Å². The molecule has 0 spiro atoms. The second kappa shape index (κ2) is 5.23. The van der Waals surface area contributed by atoms with Crippen molar-refractivity contribution >= 4 is 5.97 Å². The number of carbonyl (C=O) groups is 1. The van der Waals surface area contributed by atoms with Gasteiger partial charge in [0, 0.05) is 6.54 Å². The van der Waals surface area contributed by atoms with Crippen molar-refractivity contribution < 1.29 is 18.3 Å². The molecule has 0 bridgehead atoms. The third kappa shape index (κ3) is 2.15. The number of rotatable bonds is 4. The highest BCUT2D eigenvalue weighted by Gasteiger charge is 2.49. The molecule has 0 aliphatic carbocycles. The number of halogens is 2. The molecule has 0 saturated carbocycles. The van der Waals surface area contributed by atoms with Crippen molar-refractivity contribution in [3.05, 3.63) is 35.4 Å². The first-order chi connectivity index (χ1) is 8.00. The molecule has 1 aromatic carbocycles. The van der Waals surface area contributed by atoms with Crippen molar-refractivity contribution in [1.82, 2.24) is 0 Å². The van der Waals surface area contributed by atoms with Crippen molar-refractivity contribution in [3.63, 3.8) is 0 Å². The Labute approximate surface area is 98.6 Å². The normalized spacial score (nSPS) is 14.5. The molecule has 0 aliphatic heterocycles. The van der Waals surface area contributed by atoms with Crippen molar-refractivity contribution in [2.45, 2.75) is 18.8 Å². The first-order valence-corrected chi connectivity index (χ1v) is 5.13. The lowest BCUT2D eigenvalue weighted by Gasteiger charge is -2.30. The van der Waals surface area contributed by atoms with E-state index in [-0.39, 0.29) is 5.56 Å². The van der Waals surface area contributed by atoms with Gasteiger partial charge in [0.1, 0.15) is 0 Å². The lowest BCUT2D eigenvalue weighted by atomic mass is 9.78. The van der Waals surface area contributed by atoms with Crippen LogP contribution >= 0.6 is 0 Å². The van der Waals surface area contributed by atoms with Crippen LogP contribution in [0.25, 0.3) is 0 Å². The molecule has 5 heteroatoms. The molecule has 0 amide bonds. The van der Waals surface area contributed by atoms with E-state index < -0.39 is 24.4 Å². The van der Waals surface area contributed by atoms with Crippen LogP contribution in [-0.2, 0) is 14.9 Å². The Kier molecular flexibility index (Phi) is 4.17. The highest BCUT2D eigenvalue weighted by molar-refractivity contribution is 5.84. The summed E-state index contributed by atoms with van der Waals surface area (Å²) >= 11 is 0. The lowest BCUT2D eigenvalue weighted by molar-refractivity contribution is -0.153. The molecule has 3 nitrogen and oxygen atoms in total. The number of benzene rings is 1. The summed E-state index contributed by atoms with van der Waals surface area (Å²) in [5, 5.41) is 0. The molecule has 0 fully saturated rings. The van der Waals surface area contributed by atoms with Crippen LogP contribution in [0.15, 0.2) is 24.3 Å². The fourth-order valence-corrected chi connectivity index (χ4v) is 1.85. The molecule has 0 heterocycles. The average molecular weight is 243 g/mol. The highest BCUT2D eigenvalue weighted by Crippen LogP contribution is 2.33. The van der Waals surface area contributed by atoms with E-state index in [0.717, 1.165) is 7.11 Å². The standard InChI is InChI=1S/C12H15F2NO2/c1-8-5-3-4-6-9(8)12(7-15,10(13)14)11(16)17-2/h3-6,10H,7,15H2,1-2H3. The van der Waals surface area contributed by atoms with E-state index in [1.165, 1.54) is 6.07 Å². The largest absolute Gasteiger partial charge is 0.468 e. The van der Waals surface area contributed by atoms with Crippen LogP contribution in [-0.4, -0.2) is 26.0 Å². The van der Waals surface area contributed by atoms with E-state index >= 15 is 0 Å². The van der Waals surface area contributed by atoms with Gasteiger partial charge in [0.15, 0.2) is 5.41 Å². The Bertz CT molecular complexity index is 409. The van der Waals surface area contributed by atoms with Gasteiger partial charge in [-0.15, -0.1) is 0 Å². The van der Waals surface area contributed by atoms with E-state index in [1.807, 2.05) is 0 Å². The van der Waals surface area contributed by atoms with Crippen molar-refractivity contribution in [2.75, 3.05) is 13.7 Å². The van der Waals surface area contributed by atoms with Gasteiger partial charge in [-0.1, -0.05) is 24.3 Å². The van der Waals surface area contributed by atoms with E-state index in [1.54, 1.807) is 25.1 Å². The minimum atomic E-state index is -2.92. The number of methoxy groups -OCH3 is 1.